The zero-order valence-electron chi connectivity index (χ0n) is 9.69. The van der Waals surface area contributed by atoms with Crippen molar-refractivity contribution in [3.63, 3.8) is 0 Å². The summed E-state index contributed by atoms with van der Waals surface area (Å²) < 4.78 is 0. The van der Waals surface area contributed by atoms with Crippen molar-refractivity contribution in [1.29, 1.82) is 0 Å². The Balaban J connectivity index is 2.15. The Hall–Kier alpha value is -1.84. The van der Waals surface area contributed by atoms with Gasteiger partial charge in [-0.2, -0.15) is 0 Å². The molecular formula is C14H9Cl2NO2. The lowest BCUT2D eigenvalue weighted by atomic mass is 10.2. The van der Waals surface area contributed by atoms with Gasteiger partial charge in [-0.3, -0.25) is 9.59 Å². The molecule has 0 aliphatic heterocycles. The fourth-order valence-electron chi connectivity index (χ4n) is 1.53. The maximum atomic E-state index is 12.0. The van der Waals surface area contributed by atoms with Crippen LogP contribution in [0.25, 0.3) is 0 Å². The van der Waals surface area contributed by atoms with Crippen LogP contribution in [0.3, 0.4) is 0 Å². The molecule has 0 radical (unpaired) electrons. The molecule has 96 valence electrons. The summed E-state index contributed by atoms with van der Waals surface area (Å²) in [4.78, 5) is 22.9. The molecule has 0 unspecified atom stereocenters. The van der Waals surface area contributed by atoms with Gasteiger partial charge in [-0.05, 0) is 48.0 Å². The van der Waals surface area contributed by atoms with Crippen LogP contribution in [0.15, 0.2) is 48.5 Å². The number of nitrogens with one attached hydrogen (secondary N) is 1. The number of hydrogen-bond donors (Lipinski definition) is 1. The Labute approximate surface area is 120 Å². The van der Waals surface area contributed by atoms with Crippen molar-refractivity contribution in [3.8, 4) is 0 Å². The summed E-state index contributed by atoms with van der Waals surface area (Å²) in [6, 6.07) is 13.0. The number of benzene rings is 2. The van der Waals surface area contributed by atoms with Crippen molar-refractivity contribution in [2.45, 2.75) is 0 Å². The van der Waals surface area contributed by atoms with Gasteiger partial charge in [0, 0.05) is 11.3 Å². The number of carbonyl (C=O) groups excluding carboxylic acids is 2. The molecule has 5 heteroatoms. The molecule has 0 aliphatic carbocycles. The zero-order chi connectivity index (χ0) is 13.8. The normalized spacial score (nSPS) is 10.0. The van der Waals surface area contributed by atoms with E-state index in [9.17, 15) is 9.59 Å². The number of hydrogen-bond acceptors (Lipinski definition) is 2. The molecular weight excluding hydrogens is 285 g/mol. The first-order valence-corrected chi connectivity index (χ1v) is 6.19. The molecule has 0 spiro atoms. The fourth-order valence-corrected chi connectivity index (χ4v) is 1.88. The van der Waals surface area contributed by atoms with Crippen molar-refractivity contribution in [2.75, 3.05) is 5.32 Å². The first-order valence-electron chi connectivity index (χ1n) is 5.43. The largest absolute Gasteiger partial charge is 0.322 e. The van der Waals surface area contributed by atoms with Crippen LogP contribution in [-0.4, -0.2) is 11.1 Å². The second kappa shape index (κ2) is 5.87. The second-order valence-electron chi connectivity index (χ2n) is 3.79. The summed E-state index contributed by atoms with van der Waals surface area (Å²) in [5.41, 5.74) is 1.32. The summed E-state index contributed by atoms with van der Waals surface area (Å²) in [6.45, 7) is 0. The minimum atomic E-state index is -0.538. The van der Waals surface area contributed by atoms with Gasteiger partial charge in [0.25, 0.3) is 11.1 Å². The van der Waals surface area contributed by atoms with Crippen LogP contribution in [0, 0.1) is 0 Å². The lowest BCUT2D eigenvalue weighted by Crippen LogP contribution is -2.12. The van der Waals surface area contributed by atoms with Gasteiger partial charge in [-0.15, -0.1) is 0 Å². The lowest BCUT2D eigenvalue weighted by molar-refractivity contribution is 0.102. The molecule has 2 rings (SSSR count). The molecule has 0 aliphatic rings. The molecule has 0 heterocycles. The third kappa shape index (κ3) is 3.34. The maximum absolute atomic E-state index is 12.0. The lowest BCUT2D eigenvalue weighted by Gasteiger charge is -2.06. The van der Waals surface area contributed by atoms with Gasteiger partial charge in [0.05, 0.1) is 10.6 Å². The number of halogens is 2. The molecule has 0 bridgehead atoms. The van der Waals surface area contributed by atoms with Gasteiger partial charge in [-0.1, -0.05) is 23.7 Å². The zero-order valence-corrected chi connectivity index (χ0v) is 11.2. The molecule has 1 N–H and O–H groups in total. The van der Waals surface area contributed by atoms with Crippen molar-refractivity contribution in [2.24, 2.45) is 0 Å². The quantitative estimate of drug-likeness (QED) is 0.871. The summed E-state index contributed by atoms with van der Waals surface area (Å²) in [7, 11) is 0. The number of amides is 1. The Morgan fingerprint density at radius 1 is 0.947 bits per heavy atom. The Morgan fingerprint density at radius 2 is 1.58 bits per heavy atom. The highest BCUT2D eigenvalue weighted by Crippen LogP contribution is 2.17. The average Bonchev–Trinajstić information content (AvgIpc) is 2.39. The summed E-state index contributed by atoms with van der Waals surface area (Å²) in [5.74, 6) is -0.310. The SMILES string of the molecule is O=C(Cl)c1ccc(NC(=O)c2ccccc2Cl)cc1. The van der Waals surface area contributed by atoms with Gasteiger partial charge < -0.3 is 5.32 Å². The highest BCUT2D eigenvalue weighted by atomic mass is 35.5. The van der Waals surface area contributed by atoms with Gasteiger partial charge in [0.1, 0.15) is 0 Å². The van der Waals surface area contributed by atoms with Crippen molar-refractivity contribution in [1.82, 2.24) is 0 Å². The van der Waals surface area contributed by atoms with Crippen molar-refractivity contribution in [3.05, 3.63) is 64.7 Å². The van der Waals surface area contributed by atoms with Crippen LogP contribution < -0.4 is 5.32 Å². The molecule has 0 aromatic heterocycles. The molecule has 1 amide bonds. The molecule has 2 aromatic carbocycles. The van der Waals surface area contributed by atoms with Gasteiger partial charge >= 0.3 is 0 Å². The number of carbonyl (C=O) groups is 2. The summed E-state index contributed by atoms with van der Waals surface area (Å²) in [6.07, 6.45) is 0. The summed E-state index contributed by atoms with van der Waals surface area (Å²) in [5, 5.41) is 2.53. The van der Waals surface area contributed by atoms with E-state index < -0.39 is 5.24 Å². The van der Waals surface area contributed by atoms with E-state index in [1.54, 1.807) is 36.4 Å². The average molecular weight is 294 g/mol. The maximum Gasteiger partial charge on any atom is 0.257 e. The van der Waals surface area contributed by atoms with E-state index in [0.29, 0.717) is 21.8 Å². The third-order valence-electron chi connectivity index (χ3n) is 2.49. The first kappa shape index (κ1) is 13.6. The predicted octanol–water partition coefficient (Wildman–Crippen LogP) is 3.97. The number of anilines is 1. The molecule has 0 saturated heterocycles. The summed E-state index contributed by atoms with van der Waals surface area (Å²) >= 11 is 11.3. The Morgan fingerprint density at radius 3 is 2.16 bits per heavy atom. The van der Waals surface area contributed by atoms with E-state index in [1.807, 2.05) is 0 Å². The van der Waals surface area contributed by atoms with Gasteiger partial charge in [-0.25, -0.2) is 0 Å². The van der Waals surface area contributed by atoms with Crippen molar-refractivity contribution < 1.29 is 9.59 Å². The van der Waals surface area contributed by atoms with Crippen LogP contribution in [0.5, 0.6) is 0 Å². The van der Waals surface area contributed by atoms with E-state index in [2.05, 4.69) is 5.32 Å². The predicted molar refractivity (Wildman–Crippen MR) is 76.0 cm³/mol. The molecule has 0 fully saturated rings. The molecule has 0 saturated carbocycles. The van der Waals surface area contributed by atoms with E-state index in [4.69, 9.17) is 23.2 Å². The first-order chi connectivity index (χ1) is 9.08. The highest BCUT2D eigenvalue weighted by Gasteiger charge is 2.10. The highest BCUT2D eigenvalue weighted by molar-refractivity contribution is 6.67. The van der Waals surface area contributed by atoms with E-state index in [0.717, 1.165) is 0 Å². The smallest absolute Gasteiger partial charge is 0.257 e. The molecule has 19 heavy (non-hydrogen) atoms. The van der Waals surface area contributed by atoms with Crippen LogP contribution in [-0.2, 0) is 0 Å². The topological polar surface area (TPSA) is 46.2 Å². The monoisotopic (exact) mass is 293 g/mol. The standard InChI is InChI=1S/C14H9Cl2NO2/c15-12-4-2-1-3-11(12)14(19)17-10-7-5-9(6-8-10)13(16)18/h1-8H,(H,17,19). The second-order valence-corrected chi connectivity index (χ2v) is 4.54. The molecule has 2 aromatic rings. The molecule has 3 nitrogen and oxygen atoms in total. The number of rotatable bonds is 3. The molecule has 0 atom stereocenters. The van der Waals surface area contributed by atoms with Gasteiger partial charge in [0.2, 0.25) is 0 Å². The van der Waals surface area contributed by atoms with Crippen LogP contribution in [0.1, 0.15) is 20.7 Å². The van der Waals surface area contributed by atoms with Crippen molar-refractivity contribution >= 4 is 40.0 Å². The van der Waals surface area contributed by atoms with Gasteiger partial charge in [0.15, 0.2) is 0 Å². The Kier molecular flexibility index (Phi) is 4.20. The Bertz CT molecular complexity index is 624. The minimum absolute atomic E-state index is 0.310. The van der Waals surface area contributed by atoms with E-state index in [1.165, 1.54) is 12.1 Å². The van der Waals surface area contributed by atoms with E-state index in [-0.39, 0.29) is 5.91 Å². The van der Waals surface area contributed by atoms with E-state index >= 15 is 0 Å². The third-order valence-corrected chi connectivity index (χ3v) is 3.04. The van der Waals surface area contributed by atoms with Crippen LogP contribution in [0.4, 0.5) is 5.69 Å². The van der Waals surface area contributed by atoms with Crippen LogP contribution in [0.2, 0.25) is 5.02 Å². The fraction of sp³-hybridized carbons (Fsp3) is 0. The minimum Gasteiger partial charge on any atom is -0.322 e. The van der Waals surface area contributed by atoms with Crippen LogP contribution >= 0.6 is 23.2 Å².